The van der Waals surface area contributed by atoms with E-state index < -0.39 is 6.10 Å². The van der Waals surface area contributed by atoms with Crippen LogP contribution in [-0.4, -0.2) is 5.11 Å². The molecule has 0 saturated heterocycles. The fourth-order valence-corrected chi connectivity index (χ4v) is 2.33. The molecule has 0 fully saturated rings. The molecule has 2 aromatic carbocycles. The highest BCUT2D eigenvalue weighted by Gasteiger charge is 2.13. The van der Waals surface area contributed by atoms with Crippen molar-refractivity contribution in [1.29, 1.82) is 0 Å². The zero-order valence-corrected chi connectivity index (χ0v) is 11.4. The van der Waals surface area contributed by atoms with Crippen molar-refractivity contribution in [2.45, 2.75) is 26.4 Å². The second-order valence-electron chi connectivity index (χ2n) is 4.60. The number of halogens is 1. The normalized spacial score (nSPS) is 12.4. The van der Waals surface area contributed by atoms with Crippen LogP contribution in [0.3, 0.4) is 0 Å². The van der Waals surface area contributed by atoms with E-state index in [0.717, 1.165) is 16.7 Å². The Hall–Kier alpha value is -1.31. The topological polar surface area (TPSA) is 20.2 Å². The summed E-state index contributed by atoms with van der Waals surface area (Å²) in [5, 5.41) is 11.1. The third-order valence-corrected chi connectivity index (χ3v) is 3.75. The van der Waals surface area contributed by atoms with E-state index in [2.05, 4.69) is 13.0 Å². The number of aliphatic hydroxyl groups excluding tert-OH is 1. The number of hydrogen-bond donors (Lipinski definition) is 1. The van der Waals surface area contributed by atoms with Gasteiger partial charge in [-0.05, 0) is 42.2 Å². The third kappa shape index (κ3) is 2.74. The predicted octanol–water partition coefficient (Wildman–Crippen LogP) is 4.23. The van der Waals surface area contributed by atoms with E-state index >= 15 is 0 Å². The Kier molecular flexibility index (Phi) is 4.05. The van der Waals surface area contributed by atoms with Crippen LogP contribution in [0.2, 0.25) is 5.02 Å². The van der Waals surface area contributed by atoms with Crippen LogP contribution in [-0.2, 0) is 6.42 Å². The fourth-order valence-electron chi connectivity index (χ4n) is 2.12. The highest BCUT2D eigenvalue weighted by molar-refractivity contribution is 6.31. The first-order chi connectivity index (χ1) is 8.59. The van der Waals surface area contributed by atoms with Crippen LogP contribution in [0.25, 0.3) is 0 Å². The summed E-state index contributed by atoms with van der Waals surface area (Å²) in [4.78, 5) is 0. The summed E-state index contributed by atoms with van der Waals surface area (Å²) in [7, 11) is 0. The number of benzene rings is 2. The first kappa shape index (κ1) is 13.1. The quantitative estimate of drug-likeness (QED) is 0.876. The molecule has 1 atom stereocenters. The van der Waals surface area contributed by atoms with Crippen LogP contribution in [0.15, 0.2) is 42.5 Å². The molecule has 2 heteroatoms. The second-order valence-corrected chi connectivity index (χ2v) is 5.01. The van der Waals surface area contributed by atoms with Crippen LogP contribution < -0.4 is 0 Å². The van der Waals surface area contributed by atoms with E-state index in [1.165, 1.54) is 5.56 Å². The molecular formula is C16H17ClO. The van der Waals surface area contributed by atoms with E-state index in [0.29, 0.717) is 11.4 Å². The van der Waals surface area contributed by atoms with Crippen molar-refractivity contribution >= 4 is 11.6 Å². The summed E-state index contributed by atoms with van der Waals surface area (Å²) >= 11 is 6.12. The molecule has 2 aromatic rings. The maximum atomic E-state index is 10.3. The van der Waals surface area contributed by atoms with Gasteiger partial charge in [0.05, 0.1) is 6.10 Å². The number of hydrogen-bond acceptors (Lipinski definition) is 1. The summed E-state index contributed by atoms with van der Waals surface area (Å²) in [6.45, 7) is 4.10. The van der Waals surface area contributed by atoms with Gasteiger partial charge < -0.3 is 5.11 Å². The number of aryl methyl sites for hydroxylation is 1. The summed E-state index contributed by atoms with van der Waals surface area (Å²) in [5.74, 6) is 0. The van der Waals surface area contributed by atoms with Gasteiger partial charge in [-0.3, -0.25) is 0 Å². The minimum absolute atomic E-state index is 0.509. The van der Waals surface area contributed by atoms with Gasteiger partial charge in [-0.1, -0.05) is 48.0 Å². The van der Waals surface area contributed by atoms with Gasteiger partial charge in [0.1, 0.15) is 0 Å². The molecule has 0 heterocycles. The maximum Gasteiger partial charge on any atom is 0.0833 e. The molecule has 18 heavy (non-hydrogen) atoms. The Morgan fingerprint density at radius 1 is 1.06 bits per heavy atom. The van der Waals surface area contributed by atoms with Gasteiger partial charge in [-0.15, -0.1) is 0 Å². The largest absolute Gasteiger partial charge is 0.388 e. The van der Waals surface area contributed by atoms with Crippen LogP contribution in [0.5, 0.6) is 0 Å². The van der Waals surface area contributed by atoms with Crippen LogP contribution in [0.4, 0.5) is 0 Å². The monoisotopic (exact) mass is 260 g/mol. The van der Waals surface area contributed by atoms with Crippen molar-refractivity contribution < 1.29 is 5.11 Å². The molecule has 1 nitrogen and oxygen atoms in total. The highest BCUT2D eigenvalue weighted by Crippen LogP contribution is 2.26. The molecule has 1 unspecified atom stereocenters. The molecule has 0 aliphatic rings. The van der Waals surface area contributed by atoms with E-state index in [4.69, 9.17) is 11.6 Å². The molecule has 2 rings (SSSR count). The SMILES string of the molecule is Cc1cccc(C(O)Cc2ccccc2Cl)c1C. The Morgan fingerprint density at radius 2 is 1.78 bits per heavy atom. The molecule has 0 amide bonds. The van der Waals surface area contributed by atoms with Gasteiger partial charge in [-0.25, -0.2) is 0 Å². The van der Waals surface area contributed by atoms with E-state index in [9.17, 15) is 5.11 Å². The zero-order chi connectivity index (χ0) is 13.1. The predicted molar refractivity (Wildman–Crippen MR) is 76.0 cm³/mol. The lowest BCUT2D eigenvalue weighted by Gasteiger charge is -2.16. The number of rotatable bonds is 3. The van der Waals surface area contributed by atoms with Gasteiger partial charge in [0.25, 0.3) is 0 Å². The summed E-state index contributed by atoms with van der Waals surface area (Å²) in [6.07, 6.45) is 0.0362. The van der Waals surface area contributed by atoms with Crippen molar-refractivity contribution in [2.24, 2.45) is 0 Å². The Bertz CT molecular complexity index is 549. The van der Waals surface area contributed by atoms with Crippen molar-refractivity contribution in [3.05, 3.63) is 69.7 Å². The van der Waals surface area contributed by atoms with Crippen molar-refractivity contribution in [2.75, 3.05) is 0 Å². The fraction of sp³-hybridized carbons (Fsp3) is 0.250. The highest BCUT2D eigenvalue weighted by atomic mass is 35.5. The molecule has 0 saturated carbocycles. The molecule has 0 aliphatic carbocycles. The Balaban J connectivity index is 2.25. The lowest BCUT2D eigenvalue weighted by atomic mass is 9.95. The first-order valence-corrected chi connectivity index (χ1v) is 6.45. The standard InChI is InChI=1S/C16H17ClO/c1-11-6-5-8-14(12(11)2)16(18)10-13-7-3-4-9-15(13)17/h3-9,16,18H,10H2,1-2H3. The minimum atomic E-state index is -0.509. The summed E-state index contributed by atoms with van der Waals surface area (Å²) < 4.78 is 0. The molecule has 0 radical (unpaired) electrons. The zero-order valence-electron chi connectivity index (χ0n) is 10.7. The first-order valence-electron chi connectivity index (χ1n) is 6.07. The smallest absolute Gasteiger partial charge is 0.0833 e. The lowest BCUT2D eigenvalue weighted by molar-refractivity contribution is 0.177. The van der Waals surface area contributed by atoms with Crippen LogP contribution in [0, 0.1) is 13.8 Å². The molecule has 1 N–H and O–H groups in total. The maximum absolute atomic E-state index is 10.3. The van der Waals surface area contributed by atoms with Crippen molar-refractivity contribution in [3.63, 3.8) is 0 Å². The molecule has 0 aromatic heterocycles. The van der Waals surface area contributed by atoms with Gasteiger partial charge in [0.2, 0.25) is 0 Å². The Labute approximate surface area is 113 Å². The summed E-state index contributed by atoms with van der Waals surface area (Å²) in [5.41, 5.74) is 4.31. The lowest BCUT2D eigenvalue weighted by Crippen LogP contribution is -2.05. The van der Waals surface area contributed by atoms with Crippen molar-refractivity contribution in [3.8, 4) is 0 Å². The average molecular weight is 261 g/mol. The number of aliphatic hydroxyl groups is 1. The molecule has 0 bridgehead atoms. The van der Waals surface area contributed by atoms with E-state index in [1.54, 1.807) is 0 Å². The van der Waals surface area contributed by atoms with Gasteiger partial charge >= 0.3 is 0 Å². The van der Waals surface area contributed by atoms with Crippen molar-refractivity contribution in [1.82, 2.24) is 0 Å². The van der Waals surface area contributed by atoms with Gasteiger partial charge in [0, 0.05) is 11.4 Å². The van der Waals surface area contributed by atoms with Gasteiger partial charge in [0.15, 0.2) is 0 Å². The van der Waals surface area contributed by atoms with E-state index in [-0.39, 0.29) is 0 Å². The molecule has 94 valence electrons. The minimum Gasteiger partial charge on any atom is -0.388 e. The second kappa shape index (κ2) is 5.55. The molecule has 0 aliphatic heterocycles. The molecular weight excluding hydrogens is 244 g/mol. The Morgan fingerprint density at radius 3 is 2.50 bits per heavy atom. The molecule has 0 spiro atoms. The van der Waals surface area contributed by atoms with E-state index in [1.807, 2.05) is 43.3 Å². The van der Waals surface area contributed by atoms with Crippen LogP contribution in [0.1, 0.15) is 28.4 Å². The van der Waals surface area contributed by atoms with Gasteiger partial charge in [-0.2, -0.15) is 0 Å². The average Bonchev–Trinajstić information content (AvgIpc) is 2.35. The summed E-state index contributed by atoms with van der Waals surface area (Å²) in [6, 6.07) is 13.7. The van der Waals surface area contributed by atoms with Crippen LogP contribution >= 0.6 is 11.6 Å². The third-order valence-electron chi connectivity index (χ3n) is 3.38.